The monoisotopic (exact) mass is 345 g/mol. The average Bonchev–Trinajstić information content (AvgIpc) is 3.32. The summed E-state index contributed by atoms with van der Waals surface area (Å²) in [4.78, 5) is 7.68. The van der Waals surface area contributed by atoms with E-state index >= 15 is 0 Å². The summed E-state index contributed by atoms with van der Waals surface area (Å²) in [6, 6.07) is 4.00. The van der Waals surface area contributed by atoms with Crippen LogP contribution < -0.4 is 0 Å². The van der Waals surface area contributed by atoms with Crippen molar-refractivity contribution in [3.63, 3.8) is 0 Å². The first-order valence-corrected chi connectivity index (χ1v) is 8.92. The van der Waals surface area contributed by atoms with Crippen molar-refractivity contribution in [2.24, 2.45) is 0 Å². The van der Waals surface area contributed by atoms with E-state index in [0.717, 1.165) is 48.8 Å². The number of aliphatic hydroxyl groups excluding tert-OH is 1. The molecule has 0 atom stereocenters. The van der Waals surface area contributed by atoms with Crippen molar-refractivity contribution >= 4 is 11.3 Å². The number of rotatable bonds is 5. The molecule has 7 nitrogen and oxygen atoms in total. The van der Waals surface area contributed by atoms with Crippen LogP contribution in [0.3, 0.4) is 0 Å². The van der Waals surface area contributed by atoms with Gasteiger partial charge in [-0.15, -0.1) is 16.4 Å². The maximum absolute atomic E-state index is 9.56. The van der Waals surface area contributed by atoms with Gasteiger partial charge in [0.05, 0.1) is 29.1 Å². The fourth-order valence-corrected chi connectivity index (χ4v) is 3.52. The molecule has 1 aliphatic rings. The van der Waals surface area contributed by atoms with E-state index in [1.54, 1.807) is 22.2 Å². The van der Waals surface area contributed by atoms with Gasteiger partial charge in [-0.2, -0.15) is 0 Å². The van der Waals surface area contributed by atoms with Crippen LogP contribution >= 0.6 is 11.3 Å². The Bertz CT molecular complexity index is 774. The SMILES string of the molecule is OC1CCN(Cc2cn(Cc3ncc(-c4cccs4)o3)nn2)CC1. The van der Waals surface area contributed by atoms with Crippen LogP contribution in [0.2, 0.25) is 0 Å². The van der Waals surface area contributed by atoms with E-state index in [1.807, 2.05) is 23.7 Å². The van der Waals surface area contributed by atoms with Crippen LogP contribution in [0.4, 0.5) is 0 Å². The fourth-order valence-electron chi connectivity index (χ4n) is 2.85. The van der Waals surface area contributed by atoms with E-state index < -0.39 is 0 Å². The Morgan fingerprint density at radius 3 is 2.96 bits per heavy atom. The number of piperidine rings is 1. The predicted molar refractivity (Wildman–Crippen MR) is 89.5 cm³/mol. The minimum atomic E-state index is -0.153. The van der Waals surface area contributed by atoms with Crippen LogP contribution in [0, 0.1) is 0 Å². The molecule has 0 amide bonds. The minimum absolute atomic E-state index is 0.153. The summed E-state index contributed by atoms with van der Waals surface area (Å²) < 4.78 is 7.52. The average molecular weight is 345 g/mol. The van der Waals surface area contributed by atoms with Crippen molar-refractivity contribution < 1.29 is 9.52 Å². The Morgan fingerprint density at radius 2 is 2.17 bits per heavy atom. The van der Waals surface area contributed by atoms with Crippen LogP contribution in [0.15, 0.2) is 34.3 Å². The molecule has 0 unspecified atom stereocenters. The quantitative estimate of drug-likeness (QED) is 0.762. The Balaban J connectivity index is 1.37. The van der Waals surface area contributed by atoms with E-state index in [-0.39, 0.29) is 6.10 Å². The molecule has 1 fully saturated rings. The molecule has 3 aromatic heterocycles. The summed E-state index contributed by atoms with van der Waals surface area (Å²) >= 11 is 1.63. The maximum atomic E-state index is 9.56. The summed E-state index contributed by atoms with van der Waals surface area (Å²) in [7, 11) is 0. The van der Waals surface area contributed by atoms with Crippen LogP contribution in [0.25, 0.3) is 10.6 Å². The smallest absolute Gasteiger partial charge is 0.216 e. The van der Waals surface area contributed by atoms with E-state index in [9.17, 15) is 5.11 Å². The Labute approximate surface area is 143 Å². The summed E-state index contributed by atoms with van der Waals surface area (Å²) in [5.41, 5.74) is 0.927. The number of hydrogen-bond donors (Lipinski definition) is 1. The highest BCUT2D eigenvalue weighted by Crippen LogP contribution is 2.25. The largest absolute Gasteiger partial charge is 0.438 e. The molecule has 0 radical (unpaired) electrons. The van der Waals surface area contributed by atoms with Crippen molar-refractivity contribution in [3.8, 4) is 10.6 Å². The van der Waals surface area contributed by atoms with Gasteiger partial charge in [-0.05, 0) is 24.3 Å². The minimum Gasteiger partial charge on any atom is -0.438 e. The van der Waals surface area contributed by atoms with E-state index in [1.165, 1.54) is 0 Å². The summed E-state index contributed by atoms with van der Waals surface area (Å²) in [6.07, 6.45) is 5.18. The molecular weight excluding hydrogens is 326 g/mol. The molecule has 4 heterocycles. The molecular formula is C16H19N5O2S. The molecule has 0 aliphatic carbocycles. The third kappa shape index (κ3) is 3.55. The number of hydrogen-bond acceptors (Lipinski definition) is 7. The van der Waals surface area contributed by atoms with Gasteiger partial charge in [-0.3, -0.25) is 4.90 Å². The molecule has 24 heavy (non-hydrogen) atoms. The number of oxazole rings is 1. The topological polar surface area (TPSA) is 80.2 Å². The zero-order chi connectivity index (χ0) is 16.4. The third-order valence-electron chi connectivity index (χ3n) is 4.14. The van der Waals surface area contributed by atoms with Gasteiger partial charge < -0.3 is 9.52 Å². The van der Waals surface area contributed by atoms with Crippen molar-refractivity contribution in [2.75, 3.05) is 13.1 Å². The number of thiophene rings is 1. The van der Waals surface area contributed by atoms with E-state index in [4.69, 9.17) is 4.42 Å². The Kier molecular flexibility index (Phi) is 4.42. The third-order valence-corrected chi connectivity index (χ3v) is 5.03. The molecule has 0 aromatic carbocycles. The highest BCUT2D eigenvalue weighted by molar-refractivity contribution is 7.13. The number of nitrogens with zero attached hydrogens (tertiary/aromatic N) is 5. The van der Waals surface area contributed by atoms with Gasteiger partial charge in [0.15, 0.2) is 5.76 Å². The van der Waals surface area contributed by atoms with Gasteiger partial charge in [-0.1, -0.05) is 11.3 Å². The second kappa shape index (κ2) is 6.84. The highest BCUT2D eigenvalue weighted by Gasteiger charge is 2.18. The van der Waals surface area contributed by atoms with Crippen molar-refractivity contribution in [1.29, 1.82) is 0 Å². The van der Waals surface area contributed by atoms with Crippen LogP contribution in [-0.4, -0.2) is 49.2 Å². The summed E-state index contributed by atoms with van der Waals surface area (Å²) in [5, 5.41) is 20.0. The molecule has 0 saturated carbocycles. The standard InChI is InChI=1S/C16H19N5O2S/c22-13-3-5-20(6-4-13)9-12-10-21(19-18-12)11-16-17-8-14(23-16)15-2-1-7-24-15/h1-2,7-8,10,13,22H,3-6,9,11H2. The van der Waals surface area contributed by atoms with Crippen LogP contribution in [0.1, 0.15) is 24.4 Å². The molecule has 1 aliphatic heterocycles. The summed E-state index contributed by atoms with van der Waals surface area (Å²) in [6.45, 7) is 3.03. The van der Waals surface area contributed by atoms with Gasteiger partial charge in [0, 0.05) is 19.6 Å². The molecule has 4 rings (SSSR count). The molecule has 3 aromatic rings. The molecule has 126 valence electrons. The van der Waals surface area contributed by atoms with Gasteiger partial charge >= 0.3 is 0 Å². The van der Waals surface area contributed by atoms with Gasteiger partial charge in [0.1, 0.15) is 6.54 Å². The number of aliphatic hydroxyl groups is 1. The Hall–Kier alpha value is -2.03. The first-order chi connectivity index (χ1) is 11.8. The molecule has 0 spiro atoms. The van der Waals surface area contributed by atoms with Crippen LogP contribution in [0.5, 0.6) is 0 Å². The van der Waals surface area contributed by atoms with Crippen molar-refractivity contribution in [1.82, 2.24) is 24.9 Å². The number of aromatic nitrogens is 4. The van der Waals surface area contributed by atoms with Gasteiger partial charge in [-0.25, -0.2) is 9.67 Å². The maximum Gasteiger partial charge on any atom is 0.216 e. The molecule has 1 N–H and O–H groups in total. The lowest BCUT2D eigenvalue weighted by molar-refractivity contribution is 0.0786. The highest BCUT2D eigenvalue weighted by atomic mass is 32.1. The summed E-state index contributed by atoms with van der Waals surface area (Å²) in [5.74, 6) is 1.41. The lowest BCUT2D eigenvalue weighted by Crippen LogP contribution is -2.35. The van der Waals surface area contributed by atoms with Gasteiger partial charge in [0.25, 0.3) is 0 Å². The Morgan fingerprint density at radius 1 is 1.29 bits per heavy atom. The zero-order valence-electron chi connectivity index (χ0n) is 13.2. The lowest BCUT2D eigenvalue weighted by atomic mass is 10.1. The fraction of sp³-hybridized carbons (Fsp3) is 0.438. The van der Waals surface area contributed by atoms with E-state index in [2.05, 4.69) is 20.2 Å². The molecule has 8 heteroatoms. The second-order valence-electron chi connectivity index (χ2n) is 6.01. The van der Waals surface area contributed by atoms with Gasteiger partial charge in [0.2, 0.25) is 5.89 Å². The number of likely N-dealkylation sites (tertiary alicyclic amines) is 1. The first-order valence-electron chi connectivity index (χ1n) is 8.04. The predicted octanol–water partition coefficient (Wildman–Crippen LogP) is 2.00. The van der Waals surface area contributed by atoms with Crippen LogP contribution in [-0.2, 0) is 13.1 Å². The normalized spacial score (nSPS) is 16.7. The van der Waals surface area contributed by atoms with E-state index in [0.29, 0.717) is 12.4 Å². The lowest BCUT2D eigenvalue weighted by Gasteiger charge is -2.28. The second-order valence-corrected chi connectivity index (χ2v) is 6.96. The van der Waals surface area contributed by atoms with Crippen molar-refractivity contribution in [3.05, 3.63) is 41.5 Å². The zero-order valence-corrected chi connectivity index (χ0v) is 14.0. The first kappa shape index (κ1) is 15.5. The molecule has 1 saturated heterocycles. The molecule has 0 bridgehead atoms. The van der Waals surface area contributed by atoms with Crippen molar-refractivity contribution in [2.45, 2.75) is 32.0 Å².